The van der Waals surface area contributed by atoms with Crippen molar-refractivity contribution in [1.29, 1.82) is 0 Å². The number of hydrogen-bond donors (Lipinski definition) is 2. The maximum absolute atomic E-state index is 12.0. The van der Waals surface area contributed by atoms with Gasteiger partial charge in [-0.05, 0) is 44.5 Å². The van der Waals surface area contributed by atoms with E-state index in [1.807, 2.05) is 0 Å². The lowest BCUT2D eigenvalue weighted by molar-refractivity contribution is -0.117. The summed E-state index contributed by atoms with van der Waals surface area (Å²) in [6.07, 6.45) is 2.20. The van der Waals surface area contributed by atoms with Crippen LogP contribution in [0.1, 0.15) is 30.1 Å². The molecule has 0 aromatic heterocycles. The SMILES string of the molecule is CC1CCCN1CC(=O)Nc1cc(C(=O)O)ccc1Cl. The van der Waals surface area contributed by atoms with Gasteiger partial charge in [-0.2, -0.15) is 0 Å². The number of benzene rings is 1. The van der Waals surface area contributed by atoms with E-state index in [1.165, 1.54) is 18.2 Å². The molecule has 1 heterocycles. The topological polar surface area (TPSA) is 69.6 Å². The highest BCUT2D eigenvalue weighted by Crippen LogP contribution is 2.23. The van der Waals surface area contributed by atoms with Crippen LogP contribution in [-0.2, 0) is 4.79 Å². The van der Waals surface area contributed by atoms with Crippen LogP contribution < -0.4 is 5.32 Å². The van der Waals surface area contributed by atoms with E-state index < -0.39 is 5.97 Å². The van der Waals surface area contributed by atoms with Crippen molar-refractivity contribution in [3.8, 4) is 0 Å². The molecule has 5 nitrogen and oxygen atoms in total. The van der Waals surface area contributed by atoms with Crippen LogP contribution in [-0.4, -0.2) is 41.0 Å². The first-order valence-corrected chi connectivity index (χ1v) is 6.92. The van der Waals surface area contributed by atoms with Crippen LogP contribution in [0.5, 0.6) is 0 Å². The van der Waals surface area contributed by atoms with Crippen LogP contribution in [0.4, 0.5) is 5.69 Å². The van der Waals surface area contributed by atoms with Crippen LogP contribution >= 0.6 is 11.6 Å². The van der Waals surface area contributed by atoms with Crippen molar-refractivity contribution >= 4 is 29.2 Å². The second-order valence-corrected chi connectivity index (χ2v) is 5.42. The summed E-state index contributed by atoms with van der Waals surface area (Å²) >= 11 is 5.97. The predicted octanol–water partition coefficient (Wildman–Crippen LogP) is 2.46. The molecule has 0 saturated carbocycles. The molecule has 1 aromatic rings. The largest absolute Gasteiger partial charge is 0.478 e. The molecule has 1 saturated heterocycles. The number of nitrogens with one attached hydrogen (secondary N) is 1. The average Bonchev–Trinajstić information content (AvgIpc) is 2.77. The van der Waals surface area contributed by atoms with Crippen molar-refractivity contribution in [3.05, 3.63) is 28.8 Å². The van der Waals surface area contributed by atoms with Crippen molar-refractivity contribution in [3.63, 3.8) is 0 Å². The van der Waals surface area contributed by atoms with Crippen LogP contribution in [0.3, 0.4) is 0 Å². The zero-order valence-corrected chi connectivity index (χ0v) is 12.0. The van der Waals surface area contributed by atoms with E-state index in [0.717, 1.165) is 19.4 Å². The molecule has 1 aromatic carbocycles. The van der Waals surface area contributed by atoms with E-state index in [-0.39, 0.29) is 11.5 Å². The van der Waals surface area contributed by atoms with E-state index >= 15 is 0 Å². The number of amides is 1. The lowest BCUT2D eigenvalue weighted by atomic mass is 10.2. The monoisotopic (exact) mass is 296 g/mol. The van der Waals surface area contributed by atoms with Gasteiger partial charge in [-0.15, -0.1) is 0 Å². The van der Waals surface area contributed by atoms with E-state index in [9.17, 15) is 9.59 Å². The van der Waals surface area contributed by atoms with Gasteiger partial charge in [0.25, 0.3) is 0 Å². The van der Waals surface area contributed by atoms with Crippen LogP contribution in [0.2, 0.25) is 5.02 Å². The van der Waals surface area contributed by atoms with Crippen molar-refractivity contribution < 1.29 is 14.7 Å². The zero-order valence-electron chi connectivity index (χ0n) is 11.2. The van der Waals surface area contributed by atoms with Gasteiger partial charge in [0.15, 0.2) is 0 Å². The number of likely N-dealkylation sites (tertiary alicyclic amines) is 1. The van der Waals surface area contributed by atoms with Crippen LogP contribution in [0.25, 0.3) is 0 Å². The Labute approximate surface area is 122 Å². The highest BCUT2D eigenvalue weighted by atomic mass is 35.5. The number of carboxylic acids is 1. The van der Waals surface area contributed by atoms with Crippen LogP contribution in [0, 0.1) is 0 Å². The normalized spacial score (nSPS) is 19.0. The van der Waals surface area contributed by atoms with Gasteiger partial charge >= 0.3 is 5.97 Å². The van der Waals surface area contributed by atoms with Crippen molar-refractivity contribution in [2.24, 2.45) is 0 Å². The van der Waals surface area contributed by atoms with Gasteiger partial charge in [-0.3, -0.25) is 9.69 Å². The maximum atomic E-state index is 12.0. The van der Waals surface area contributed by atoms with Gasteiger partial charge in [0, 0.05) is 6.04 Å². The fourth-order valence-electron chi connectivity index (χ4n) is 2.36. The summed E-state index contributed by atoms with van der Waals surface area (Å²) in [5.74, 6) is -1.23. The Bertz CT molecular complexity index is 533. The summed E-state index contributed by atoms with van der Waals surface area (Å²) in [4.78, 5) is 25.0. The Kier molecular flexibility index (Phi) is 4.62. The van der Waals surface area contributed by atoms with Gasteiger partial charge < -0.3 is 10.4 Å². The number of nitrogens with zero attached hydrogens (tertiary/aromatic N) is 1. The van der Waals surface area contributed by atoms with Crippen molar-refractivity contribution in [2.75, 3.05) is 18.4 Å². The lowest BCUT2D eigenvalue weighted by Gasteiger charge is -2.20. The molecule has 1 fully saturated rings. The van der Waals surface area contributed by atoms with Gasteiger partial charge in [0.2, 0.25) is 5.91 Å². The molecule has 1 atom stereocenters. The number of hydrogen-bond acceptors (Lipinski definition) is 3. The molecule has 20 heavy (non-hydrogen) atoms. The first-order chi connectivity index (χ1) is 9.47. The Balaban J connectivity index is 2.03. The quantitative estimate of drug-likeness (QED) is 0.895. The third-order valence-corrected chi connectivity index (χ3v) is 3.85. The molecule has 0 spiro atoms. The third kappa shape index (κ3) is 3.49. The van der Waals surface area contributed by atoms with Crippen molar-refractivity contribution in [1.82, 2.24) is 4.90 Å². The number of aromatic carboxylic acids is 1. The van der Waals surface area contributed by atoms with E-state index in [1.54, 1.807) is 0 Å². The molecular weight excluding hydrogens is 280 g/mol. The number of carbonyl (C=O) groups is 2. The smallest absolute Gasteiger partial charge is 0.335 e. The molecule has 1 unspecified atom stereocenters. The fraction of sp³-hybridized carbons (Fsp3) is 0.429. The zero-order chi connectivity index (χ0) is 14.7. The fourth-order valence-corrected chi connectivity index (χ4v) is 2.52. The van der Waals surface area contributed by atoms with Gasteiger partial charge in [-0.25, -0.2) is 4.79 Å². The van der Waals surface area contributed by atoms with Crippen LogP contribution in [0.15, 0.2) is 18.2 Å². The molecule has 1 amide bonds. The lowest BCUT2D eigenvalue weighted by Crippen LogP contribution is -2.35. The predicted molar refractivity (Wildman–Crippen MR) is 77.3 cm³/mol. The average molecular weight is 297 g/mol. The minimum Gasteiger partial charge on any atom is -0.478 e. The second-order valence-electron chi connectivity index (χ2n) is 5.01. The summed E-state index contributed by atoms with van der Waals surface area (Å²) in [6, 6.07) is 4.65. The molecule has 1 aliphatic rings. The standard InChI is InChI=1S/C14H17ClN2O3/c1-9-3-2-6-17(9)8-13(18)16-12-7-10(14(19)20)4-5-11(12)15/h4-5,7,9H,2-3,6,8H2,1H3,(H,16,18)(H,19,20). The highest BCUT2D eigenvalue weighted by molar-refractivity contribution is 6.33. The van der Waals surface area contributed by atoms with E-state index in [2.05, 4.69) is 17.1 Å². The van der Waals surface area contributed by atoms with E-state index in [4.69, 9.17) is 16.7 Å². The summed E-state index contributed by atoms with van der Waals surface area (Å²) in [6.45, 7) is 3.31. The summed E-state index contributed by atoms with van der Waals surface area (Å²) in [5.41, 5.74) is 0.433. The molecule has 0 aliphatic carbocycles. The Morgan fingerprint density at radius 2 is 2.25 bits per heavy atom. The van der Waals surface area contributed by atoms with Crippen molar-refractivity contribution in [2.45, 2.75) is 25.8 Å². The maximum Gasteiger partial charge on any atom is 0.335 e. The molecule has 0 bridgehead atoms. The van der Waals surface area contributed by atoms with Gasteiger partial charge in [0.05, 0.1) is 22.8 Å². The third-order valence-electron chi connectivity index (χ3n) is 3.52. The Hall–Kier alpha value is -1.59. The minimum absolute atomic E-state index is 0.0965. The molecular formula is C14H17ClN2O3. The number of rotatable bonds is 4. The Morgan fingerprint density at radius 1 is 1.50 bits per heavy atom. The number of carboxylic acid groups (broad SMARTS) is 1. The number of anilines is 1. The summed E-state index contributed by atoms with van der Waals surface area (Å²) < 4.78 is 0. The Morgan fingerprint density at radius 3 is 2.85 bits per heavy atom. The second kappa shape index (κ2) is 6.24. The highest BCUT2D eigenvalue weighted by Gasteiger charge is 2.22. The van der Waals surface area contributed by atoms with Gasteiger partial charge in [-0.1, -0.05) is 11.6 Å². The molecule has 2 N–H and O–H groups in total. The number of carbonyl (C=O) groups excluding carboxylic acids is 1. The molecule has 6 heteroatoms. The molecule has 0 radical (unpaired) electrons. The molecule has 1 aliphatic heterocycles. The summed E-state index contributed by atoms with van der Waals surface area (Å²) in [5, 5.41) is 11.9. The molecule has 2 rings (SSSR count). The molecule has 108 valence electrons. The van der Waals surface area contributed by atoms with Gasteiger partial charge in [0.1, 0.15) is 0 Å². The first kappa shape index (κ1) is 14.8. The summed E-state index contributed by atoms with van der Waals surface area (Å²) in [7, 11) is 0. The van der Waals surface area contributed by atoms with E-state index in [0.29, 0.717) is 23.3 Å². The number of halogens is 1. The first-order valence-electron chi connectivity index (χ1n) is 6.54. The minimum atomic E-state index is -1.05.